The summed E-state index contributed by atoms with van der Waals surface area (Å²) in [5.74, 6) is 0.807. The summed E-state index contributed by atoms with van der Waals surface area (Å²) in [4.78, 5) is 22.4. The van der Waals surface area contributed by atoms with Crippen LogP contribution in [0, 0.1) is 6.92 Å². The van der Waals surface area contributed by atoms with Crippen LogP contribution in [0.15, 0.2) is 29.2 Å². The lowest BCUT2D eigenvalue weighted by molar-refractivity contribution is 0.913. The van der Waals surface area contributed by atoms with Crippen molar-refractivity contribution in [3.05, 3.63) is 51.8 Å². The second kappa shape index (κ2) is 4.14. The van der Waals surface area contributed by atoms with Gasteiger partial charge < -0.3 is 10.7 Å². The van der Waals surface area contributed by atoms with Crippen LogP contribution < -0.4 is 11.3 Å². The van der Waals surface area contributed by atoms with Crippen LogP contribution in [0.1, 0.15) is 17.1 Å². The third-order valence-electron chi connectivity index (χ3n) is 2.31. The number of nitrogens with zero attached hydrogens (tertiary/aromatic N) is 2. The van der Waals surface area contributed by atoms with Gasteiger partial charge in [-0.05, 0) is 19.1 Å². The Kier molecular flexibility index (Phi) is 2.68. The number of hydrogen-bond acceptors (Lipinski definition) is 4. The minimum Gasteiger partial charge on any atom is -0.383 e. The summed E-state index contributed by atoms with van der Waals surface area (Å²) in [6.45, 7) is 1.64. The molecule has 0 unspecified atom stereocenters. The number of nitrogen functional groups attached to an aromatic ring is 1. The molecule has 0 atom stereocenters. The summed E-state index contributed by atoms with van der Waals surface area (Å²) < 4.78 is 0. The minimum absolute atomic E-state index is 0.196. The van der Waals surface area contributed by atoms with Gasteiger partial charge in [0, 0.05) is 18.3 Å². The van der Waals surface area contributed by atoms with E-state index < -0.39 is 0 Å². The third-order valence-corrected chi connectivity index (χ3v) is 2.31. The Labute approximate surface area is 92.4 Å². The quantitative estimate of drug-likeness (QED) is 0.771. The maximum absolute atomic E-state index is 11.5. The molecule has 0 aromatic carbocycles. The Morgan fingerprint density at radius 1 is 1.44 bits per heavy atom. The van der Waals surface area contributed by atoms with Crippen molar-refractivity contribution in [2.75, 3.05) is 5.73 Å². The van der Waals surface area contributed by atoms with E-state index in [1.165, 1.54) is 0 Å². The monoisotopic (exact) mass is 216 g/mol. The van der Waals surface area contributed by atoms with E-state index in [9.17, 15) is 4.79 Å². The van der Waals surface area contributed by atoms with Gasteiger partial charge in [0.15, 0.2) is 0 Å². The van der Waals surface area contributed by atoms with Gasteiger partial charge in [0.05, 0.1) is 5.56 Å². The number of nitrogens with one attached hydrogen (secondary N) is 1. The Morgan fingerprint density at radius 3 is 2.88 bits per heavy atom. The number of anilines is 1. The molecular formula is C11H12N4O. The van der Waals surface area contributed by atoms with Gasteiger partial charge in [-0.1, -0.05) is 6.07 Å². The van der Waals surface area contributed by atoms with Crippen LogP contribution in [0.25, 0.3) is 0 Å². The Bertz CT molecular complexity index is 548. The zero-order valence-electron chi connectivity index (χ0n) is 8.90. The zero-order chi connectivity index (χ0) is 11.5. The molecule has 0 aliphatic rings. The Hall–Kier alpha value is -2.17. The van der Waals surface area contributed by atoms with Crippen molar-refractivity contribution in [3.8, 4) is 0 Å². The number of H-pyrrole nitrogens is 1. The lowest BCUT2D eigenvalue weighted by Crippen LogP contribution is -2.17. The van der Waals surface area contributed by atoms with Crippen LogP contribution >= 0.6 is 0 Å². The normalized spacial score (nSPS) is 10.3. The van der Waals surface area contributed by atoms with Crippen molar-refractivity contribution in [1.82, 2.24) is 15.0 Å². The van der Waals surface area contributed by atoms with Gasteiger partial charge in [-0.15, -0.1) is 0 Å². The maximum atomic E-state index is 11.5. The van der Waals surface area contributed by atoms with Gasteiger partial charge in [0.2, 0.25) is 0 Å². The van der Waals surface area contributed by atoms with Crippen molar-refractivity contribution >= 4 is 5.82 Å². The van der Waals surface area contributed by atoms with Crippen molar-refractivity contribution < 1.29 is 0 Å². The van der Waals surface area contributed by atoms with Gasteiger partial charge >= 0.3 is 0 Å². The summed E-state index contributed by atoms with van der Waals surface area (Å²) in [7, 11) is 0. The van der Waals surface area contributed by atoms with Crippen molar-refractivity contribution in [2.45, 2.75) is 13.3 Å². The van der Waals surface area contributed by atoms with Crippen molar-refractivity contribution in [1.29, 1.82) is 0 Å². The molecule has 5 nitrogen and oxygen atoms in total. The molecular weight excluding hydrogens is 204 g/mol. The van der Waals surface area contributed by atoms with Gasteiger partial charge in [0.25, 0.3) is 5.56 Å². The zero-order valence-corrected chi connectivity index (χ0v) is 8.90. The minimum atomic E-state index is -0.196. The third kappa shape index (κ3) is 2.08. The molecule has 0 saturated heterocycles. The van der Waals surface area contributed by atoms with E-state index in [1.54, 1.807) is 13.1 Å². The van der Waals surface area contributed by atoms with Gasteiger partial charge in [-0.2, -0.15) is 0 Å². The van der Waals surface area contributed by atoms with Gasteiger partial charge in [-0.3, -0.25) is 9.78 Å². The van der Waals surface area contributed by atoms with Crippen molar-refractivity contribution in [3.63, 3.8) is 0 Å². The average Bonchev–Trinajstić information content (AvgIpc) is 2.27. The number of hydrogen-bond donors (Lipinski definition) is 2. The van der Waals surface area contributed by atoms with E-state index in [-0.39, 0.29) is 11.4 Å². The first-order valence-corrected chi connectivity index (χ1v) is 4.92. The van der Waals surface area contributed by atoms with Crippen LogP contribution in [0.4, 0.5) is 5.82 Å². The number of nitrogens with two attached hydrogens (primary N) is 1. The highest BCUT2D eigenvalue weighted by Crippen LogP contribution is 2.04. The van der Waals surface area contributed by atoms with E-state index >= 15 is 0 Å². The molecule has 0 saturated carbocycles. The molecule has 16 heavy (non-hydrogen) atoms. The second-order valence-electron chi connectivity index (χ2n) is 3.52. The number of rotatable bonds is 2. The molecule has 0 bridgehead atoms. The average molecular weight is 216 g/mol. The highest BCUT2D eigenvalue weighted by Gasteiger charge is 2.05. The largest absolute Gasteiger partial charge is 0.383 e. The lowest BCUT2D eigenvalue weighted by atomic mass is 10.2. The topological polar surface area (TPSA) is 84.7 Å². The fourth-order valence-electron chi connectivity index (χ4n) is 1.36. The van der Waals surface area contributed by atoms with Crippen LogP contribution in [0.5, 0.6) is 0 Å². The first-order chi connectivity index (χ1) is 7.66. The molecule has 0 radical (unpaired) electrons. The molecule has 0 fully saturated rings. The Balaban J connectivity index is 2.33. The molecule has 2 rings (SSSR count). The number of aromatic nitrogens is 3. The number of pyridine rings is 1. The molecule has 0 spiro atoms. The summed E-state index contributed by atoms with van der Waals surface area (Å²) in [6.07, 6.45) is 2.17. The van der Waals surface area contributed by atoms with Crippen LogP contribution in [-0.4, -0.2) is 15.0 Å². The van der Waals surface area contributed by atoms with Gasteiger partial charge in [-0.25, -0.2) is 4.98 Å². The molecule has 2 aromatic heterocycles. The highest BCUT2D eigenvalue weighted by molar-refractivity contribution is 5.36. The molecule has 3 N–H and O–H groups in total. The Morgan fingerprint density at radius 2 is 2.25 bits per heavy atom. The smallest absolute Gasteiger partial charge is 0.255 e. The summed E-state index contributed by atoms with van der Waals surface area (Å²) in [5, 5.41) is 0. The van der Waals surface area contributed by atoms with E-state index in [0.29, 0.717) is 17.8 Å². The molecule has 2 aromatic rings. The SMILES string of the molecule is Cc1c(N)nc(Cc2ccccn2)[nH]c1=O. The first-order valence-electron chi connectivity index (χ1n) is 4.92. The lowest BCUT2D eigenvalue weighted by Gasteiger charge is -2.03. The van der Waals surface area contributed by atoms with Crippen LogP contribution in [0.2, 0.25) is 0 Å². The highest BCUT2D eigenvalue weighted by atomic mass is 16.1. The predicted molar refractivity (Wildman–Crippen MR) is 61.1 cm³/mol. The second-order valence-corrected chi connectivity index (χ2v) is 3.52. The summed E-state index contributed by atoms with van der Waals surface area (Å²) in [6, 6.07) is 5.59. The predicted octanol–water partition coefficient (Wildman–Crippen LogP) is 0.646. The van der Waals surface area contributed by atoms with E-state index in [1.807, 2.05) is 18.2 Å². The molecule has 82 valence electrons. The standard InChI is InChI=1S/C11H12N4O/c1-7-10(12)14-9(15-11(7)16)6-8-4-2-3-5-13-8/h2-5H,6H2,1H3,(H3,12,14,15,16). The van der Waals surface area contributed by atoms with E-state index in [4.69, 9.17) is 5.73 Å². The van der Waals surface area contributed by atoms with Crippen LogP contribution in [-0.2, 0) is 6.42 Å². The van der Waals surface area contributed by atoms with Crippen LogP contribution in [0.3, 0.4) is 0 Å². The molecule has 2 heterocycles. The van der Waals surface area contributed by atoms with E-state index in [0.717, 1.165) is 5.69 Å². The van der Waals surface area contributed by atoms with Gasteiger partial charge in [0.1, 0.15) is 11.6 Å². The maximum Gasteiger partial charge on any atom is 0.255 e. The first kappa shape index (κ1) is 10.4. The molecule has 5 heteroatoms. The number of aromatic amines is 1. The van der Waals surface area contributed by atoms with Crippen molar-refractivity contribution in [2.24, 2.45) is 0 Å². The molecule has 0 aliphatic heterocycles. The van der Waals surface area contributed by atoms with E-state index in [2.05, 4.69) is 15.0 Å². The fraction of sp³-hybridized carbons (Fsp3) is 0.182. The molecule has 0 amide bonds. The fourth-order valence-corrected chi connectivity index (χ4v) is 1.36. The summed E-state index contributed by atoms with van der Waals surface area (Å²) >= 11 is 0. The molecule has 0 aliphatic carbocycles. The summed E-state index contributed by atoms with van der Waals surface area (Å²) in [5.41, 5.74) is 6.72.